The van der Waals surface area contributed by atoms with Crippen LogP contribution in [0, 0.1) is 0 Å². The van der Waals surface area contributed by atoms with Gasteiger partial charge in [0.05, 0.1) is 0 Å². The SMILES string of the molecule is CC1=C(C)SC(C)(C)C=N1. The fourth-order valence-corrected chi connectivity index (χ4v) is 1.93. The van der Waals surface area contributed by atoms with Crippen LogP contribution in [0.2, 0.25) is 0 Å². The number of allylic oxidation sites excluding steroid dienone is 2. The number of thioether (sulfide) groups is 1. The Kier molecular flexibility index (Phi) is 1.90. The smallest absolute Gasteiger partial charge is 0.0499 e. The van der Waals surface area contributed by atoms with Crippen molar-refractivity contribution in [3.8, 4) is 0 Å². The number of aliphatic imine (C=N–C) groups is 1. The van der Waals surface area contributed by atoms with Crippen LogP contribution in [0.25, 0.3) is 0 Å². The molecule has 0 spiro atoms. The van der Waals surface area contributed by atoms with E-state index in [1.807, 2.05) is 24.9 Å². The average molecular weight is 155 g/mol. The summed E-state index contributed by atoms with van der Waals surface area (Å²) in [7, 11) is 0. The number of rotatable bonds is 0. The Hall–Kier alpha value is -0.240. The Bertz CT molecular complexity index is 201. The van der Waals surface area contributed by atoms with Crippen LogP contribution in [-0.4, -0.2) is 11.0 Å². The third kappa shape index (κ3) is 1.63. The summed E-state index contributed by atoms with van der Waals surface area (Å²) in [5.74, 6) is 0. The van der Waals surface area contributed by atoms with E-state index in [1.165, 1.54) is 4.91 Å². The fraction of sp³-hybridized carbons (Fsp3) is 0.625. The van der Waals surface area contributed by atoms with E-state index in [0.717, 1.165) is 5.70 Å². The van der Waals surface area contributed by atoms with Crippen LogP contribution in [0.1, 0.15) is 27.7 Å². The van der Waals surface area contributed by atoms with Gasteiger partial charge < -0.3 is 0 Å². The number of nitrogens with zero attached hydrogens (tertiary/aromatic N) is 1. The van der Waals surface area contributed by atoms with E-state index in [-0.39, 0.29) is 4.75 Å². The van der Waals surface area contributed by atoms with E-state index in [9.17, 15) is 0 Å². The summed E-state index contributed by atoms with van der Waals surface area (Å²) in [6.45, 7) is 8.53. The quantitative estimate of drug-likeness (QED) is 0.524. The Morgan fingerprint density at radius 1 is 1.40 bits per heavy atom. The van der Waals surface area contributed by atoms with E-state index in [4.69, 9.17) is 0 Å². The highest BCUT2D eigenvalue weighted by Crippen LogP contribution is 2.35. The lowest BCUT2D eigenvalue weighted by Crippen LogP contribution is -2.18. The maximum Gasteiger partial charge on any atom is 0.0499 e. The predicted molar refractivity (Wildman–Crippen MR) is 48.5 cm³/mol. The maximum absolute atomic E-state index is 4.30. The van der Waals surface area contributed by atoms with Gasteiger partial charge in [0.2, 0.25) is 0 Å². The first-order chi connectivity index (χ1) is 4.51. The third-order valence-corrected chi connectivity index (χ3v) is 2.73. The van der Waals surface area contributed by atoms with E-state index >= 15 is 0 Å². The maximum atomic E-state index is 4.30. The summed E-state index contributed by atoms with van der Waals surface area (Å²) >= 11 is 1.88. The molecule has 0 amide bonds. The van der Waals surface area contributed by atoms with Crippen LogP contribution in [0.5, 0.6) is 0 Å². The minimum Gasteiger partial charge on any atom is -0.264 e. The zero-order chi connectivity index (χ0) is 7.78. The summed E-state index contributed by atoms with van der Waals surface area (Å²) in [4.78, 5) is 5.64. The molecule has 10 heavy (non-hydrogen) atoms. The summed E-state index contributed by atoms with van der Waals surface area (Å²) in [5, 5.41) is 0. The molecule has 0 saturated heterocycles. The van der Waals surface area contributed by atoms with Gasteiger partial charge in [-0.15, -0.1) is 11.8 Å². The van der Waals surface area contributed by atoms with Gasteiger partial charge in [-0.3, -0.25) is 4.99 Å². The van der Waals surface area contributed by atoms with Crippen LogP contribution >= 0.6 is 11.8 Å². The van der Waals surface area contributed by atoms with Gasteiger partial charge in [-0.05, 0) is 27.7 Å². The van der Waals surface area contributed by atoms with Crippen molar-refractivity contribution in [3.05, 3.63) is 10.6 Å². The third-order valence-electron chi connectivity index (χ3n) is 1.49. The van der Waals surface area contributed by atoms with E-state index in [2.05, 4.69) is 25.8 Å². The van der Waals surface area contributed by atoms with E-state index in [1.54, 1.807) is 0 Å². The highest BCUT2D eigenvalue weighted by Gasteiger charge is 2.20. The lowest BCUT2D eigenvalue weighted by Gasteiger charge is -2.23. The summed E-state index contributed by atoms with van der Waals surface area (Å²) in [6, 6.07) is 0. The molecule has 0 aromatic carbocycles. The van der Waals surface area contributed by atoms with Gasteiger partial charge in [-0.1, -0.05) is 0 Å². The van der Waals surface area contributed by atoms with Crippen LogP contribution in [0.3, 0.4) is 0 Å². The molecule has 0 fully saturated rings. The lowest BCUT2D eigenvalue weighted by molar-refractivity contribution is 0.961. The Morgan fingerprint density at radius 3 is 2.40 bits per heavy atom. The van der Waals surface area contributed by atoms with Crippen LogP contribution in [-0.2, 0) is 0 Å². The monoisotopic (exact) mass is 155 g/mol. The summed E-state index contributed by atoms with van der Waals surface area (Å²) in [6.07, 6.45) is 2.01. The first-order valence-electron chi connectivity index (χ1n) is 3.43. The van der Waals surface area contributed by atoms with Crippen LogP contribution < -0.4 is 0 Å². The summed E-state index contributed by atoms with van der Waals surface area (Å²) < 4.78 is 0.198. The Morgan fingerprint density at radius 2 is 2.00 bits per heavy atom. The first-order valence-corrected chi connectivity index (χ1v) is 4.25. The van der Waals surface area contributed by atoms with Gasteiger partial charge in [0.25, 0.3) is 0 Å². The zero-order valence-electron chi connectivity index (χ0n) is 6.93. The van der Waals surface area contributed by atoms with Gasteiger partial charge in [-0.25, -0.2) is 0 Å². The van der Waals surface area contributed by atoms with Gasteiger partial charge in [0, 0.05) is 21.6 Å². The fourth-order valence-electron chi connectivity index (χ4n) is 0.838. The molecular formula is C8H13NS. The van der Waals surface area contributed by atoms with Crippen molar-refractivity contribution in [2.75, 3.05) is 0 Å². The molecule has 56 valence electrons. The summed E-state index contributed by atoms with van der Waals surface area (Å²) in [5.41, 5.74) is 1.16. The van der Waals surface area contributed by atoms with Crippen molar-refractivity contribution >= 4 is 18.0 Å². The molecule has 0 saturated carbocycles. The highest BCUT2D eigenvalue weighted by molar-refractivity contribution is 8.05. The molecule has 0 bridgehead atoms. The second kappa shape index (κ2) is 2.42. The van der Waals surface area contributed by atoms with Gasteiger partial charge in [0.1, 0.15) is 0 Å². The largest absolute Gasteiger partial charge is 0.264 e. The molecule has 1 heterocycles. The molecule has 0 aromatic heterocycles. The van der Waals surface area contributed by atoms with Gasteiger partial charge >= 0.3 is 0 Å². The number of hydrogen-bond acceptors (Lipinski definition) is 2. The minimum atomic E-state index is 0.198. The first kappa shape index (κ1) is 7.86. The molecule has 1 aliphatic heterocycles. The molecule has 1 aliphatic rings. The Balaban J connectivity index is 2.85. The molecule has 1 rings (SSSR count). The molecule has 0 atom stereocenters. The van der Waals surface area contributed by atoms with Crippen molar-refractivity contribution in [2.45, 2.75) is 32.4 Å². The van der Waals surface area contributed by atoms with Crippen molar-refractivity contribution in [3.63, 3.8) is 0 Å². The molecule has 0 aliphatic carbocycles. The molecule has 2 heteroatoms. The molecule has 0 unspecified atom stereocenters. The minimum absolute atomic E-state index is 0.198. The topological polar surface area (TPSA) is 12.4 Å². The van der Waals surface area contributed by atoms with Crippen molar-refractivity contribution in [2.24, 2.45) is 4.99 Å². The second-order valence-electron chi connectivity index (χ2n) is 3.11. The molecule has 0 N–H and O–H groups in total. The predicted octanol–water partition coefficient (Wildman–Crippen LogP) is 2.83. The van der Waals surface area contributed by atoms with Gasteiger partial charge in [-0.2, -0.15) is 0 Å². The Labute approximate surface area is 66.6 Å². The molecule has 0 aromatic rings. The molecule has 0 radical (unpaired) electrons. The highest BCUT2D eigenvalue weighted by atomic mass is 32.2. The van der Waals surface area contributed by atoms with Crippen LogP contribution in [0.4, 0.5) is 0 Å². The van der Waals surface area contributed by atoms with Crippen molar-refractivity contribution < 1.29 is 0 Å². The molecule has 1 nitrogen and oxygen atoms in total. The normalized spacial score (nSPS) is 23.6. The van der Waals surface area contributed by atoms with Gasteiger partial charge in [0.15, 0.2) is 0 Å². The lowest BCUT2D eigenvalue weighted by atomic mass is 10.2. The molecular weight excluding hydrogens is 142 g/mol. The van der Waals surface area contributed by atoms with Crippen LogP contribution in [0.15, 0.2) is 15.6 Å². The average Bonchev–Trinajstić information content (AvgIpc) is 1.79. The van der Waals surface area contributed by atoms with E-state index in [0.29, 0.717) is 0 Å². The second-order valence-corrected chi connectivity index (χ2v) is 4.97. The number of hydrogen-bond donors (Lipinski definition) is 0. The standard InChI is InChI=1S/C8H13NS/c1-6-7(2)10-8(3,4)5-9-6/h5H,1-4H3. The van der Waals surface area contributed by atoms with E-state index < -0.39 is 0 Å². The van der Waals surface area contributed by atoms with Crippen molar-refractivity contribution in [1.29, 1.82) is 0 Å². The van der Waals surface area contributed by atoms with Crippen molar-refractivity contribution in [1.82, 2.24) is 0 Å². The zero-order valence-corrected chi connectivity index (χ0v) is 7.75.